The zero-order valence-corrected chi connectivity index (χ0v) is 9.49. The molecule has 1 saturated heterocycles. The van der Waals surface area contributed by atoms with Gasteiger partial charge in [0.2, 0.25) is 0 Å². The van der Waals surface area contributed by atoms with Gasteiger partial charge in [-0.05, 0) is 24.6 Å². The molecule has 1 aliphatic rings. The molecule has 0 radical (unpaired) electrons. The Balaban J connectivity index is 2.36. The molecule has 1 amide bonds. The van der Waals surface area contributed by atoms with Gasteiger partial charge in [0.05, 0.1) is 5.56 Å². The molecule has 4 nitrogen and oxygen atoms in total. The summed E-state index contributed by atoms with van der Waals surface area (Å²) in [5, 5.41) is 3.29. The summed E-state index contributed by atoms with van der Waals surface area (Å²) in [5.41, 5.74) is 8.13. The number of hydrogen-bond donors (Lipinski definition) is 2. The van der Waals surface area contributed by atoms with Crippen LogP contribution in [0.2, 0.25) is 0 Å². The van der Waals surface area contributed by atoms with Crippen molar-refractivity contribution in [1.29, 1.82) is 0 Å². The third-order valence-corrected chi connectivity index (χ3v) is 2.88. The summed E-state index contributed by atoms with van der Waals surface area (Å²) in [6.07, 6.45) is 0. The lowest BCUT2D eigenvalue weighted by atomic mass is 10.1. The first-order valence-electron chi connectivity index (χ1n) is 5.54. The van der Waals surface area contributed by atoms with Crippen LogP contribution in [0.4, 0.5) is 5.69 Å². The maximum Gasteiger partial charge on any atom is 0.250 e. The Morgan fingerprint density at radius 1 is 1.38 bits per heavy atom. The fourth-order valence-corrected chi connectivity index (χ4v) is 2.02. The highest BCUT2D eigenvalue weighted by molar-refractivity contribution is 5.98. The minimum Gasteiger partial charge on any atom is -0.368 e. The van der Waals surface area contributed by atoms with Crippen LogP contribution >= 0.6 is 0 Å². The largest absolute Gasteiger partial charge is 0.368 e. The summed E-state index contributed by atoms with van der Waals surface area (Å²) in [6, 6.07) is 5.77. The summed E-state index contributed by atoms with van der Waals surface area (Å²) in [4.78, 5) is 13.6. The highest BCUT2D eigenvalue weighted by atomic mass is 16.1. The number of rotatable bonds is 2. The second-order valence-electron chi connectivity index (χ2n) is 4.12. The van der Waals surface area contributed by atoms with E-state index in [1.807, 2.05) is 25.1 Å². The lowest BCUT2D eigenvalue weighted by molar-refractivity contribution is 0.100. The van der Waals surface area contributed by atoms with Crippen molar-refractivity contribution in [1.82, 2.24) is 5.32 Å². The minimum absolute atomic E-state index is 0.353. The van der Waals surface area contributed by atoms with Crippen LogP contribution in [0.5, 0.6) is 0 Å². The number of nitrogens with zero attached hydrogens (tertiary/aromatic N) is 1. The molecule has 2 rings (SSSR count). The van der Waals surface area contributed by atoms with Gasteiger partial charge in [0.15, 0.2) is 0 Å². The molecule has 3 N–H and O–H groups in total. The maximum atomic E-state index is 11.4. The number of benzene rings is 1. The highest BCUT2D eigenvalue weighted by Crippen LogP contribution is 2.22. The molecule has 4 heteroatoms. The van der Waals surface area contributed by atoms with Gasteiger partial charge in [-0.1, -0.05) is 6.07 Å². The summed E-state index contributed by atoms with van der Waals surface area (Å²) >= 11 is 0. The molecule has 0 spiro atoms. The van der Waals surface area contributed by atoms with Crippen LogP contribution in [0.1, 0.15) is 15.9 Å². The molecule has 1 aromatic rings. The number of piperazine rings is 1. The van der Waals surface area contributed by atoms with E-state index < -0.39 is 0 Å². The van der Waals surface area contributed by atoms with Crippen LogP contribution in [0.25, 0.3) is 0 Å². The van der Waals surface area contributed by atoms with E-state index in [2.05, 4.69) is 10.2 Å². The molecule has 1 aliphatic heterocycles. The van der Waals surface area contributed by atoms with Crippen molar-refractivity contribution in [3.05, 3.63) is 29.3 Å². The van der Waals surface area contributed by atoms with E-state index in [1.54, 1.807) is 0 Å². The van der Waals surface area contributed by atoms with E-state index in [0.717, 1.165) is 37.4 Å². The van der Waals surface area contributed by atoms with Gasteiger partial charge >= 0.3 is 0 Å². The van der Waals surface area contributed by atoms with Crippen molar-refractivity contribution in [3.63, 3.8) is 0 Å². The van der Waals surface area contributed by atoms with Crippen LogP contribution < -0.4 is 16.0 Å². The smallest absolute Gasteiger partial charge is 0.250 e. The topological polar surface area (TPSA) is 58.4 Å². The van der Waals surface area contributed by atoms with Gasteiger partial charge in [0, 0.05) is 31.9 Å². The molecule has 86 valence electrons. The zero-order chi connectivity index (χ0) is 11.5. The third kappa shape index (κ3) is 2.17. The standard InChI is InChI=1S/C12H17N3O/c1-9-2-3-10(12(13)16)11(8-9)15-6-4-14-5-7-15/h2-3,8,14H,4-7H2,1H3,(H2,13,16). The van der Waals surface area contributed by atoms with Gasteiger partial charge in [-0.25, -0.2) is 0 Å². The second-order valence-corrected chi connectivity index (χ2v) is 4.12. The van der Waals surface area contributed by atoms with Crippen molar-refractivity contribution >= 4 is 11.6 Å². The van der Waals surface area contributed by atoms with E-state index in [9.17, 15) is 4.79 Å². The summed E-state index contributed by atoms with van der Waals surface area (Å²) < 4.78 is 0. The zero-order valence-electron chi connectivity index (χ0n) is 9.49. The van der Waals surface area contributed by atoms with Gasteiger partial charge in [-0.3, -0.25) is 4.79 Å². The number of hydrogen-bond acceptors (Lipinski definition) is 3. The van der Waals surface area contributed by atoms with Gasteiger partial charge in [0.25, 0.3) is 5.91 Å². The molecule has 0 aliphatic carbocycles. The first-order chi connectivity index (χ1) is 7.68. The fourth-order valence-electron chi connectivity index (χ4n) is 2.02. The van der Waals surface area contributed by atoms with E-state index in [1.165, 1.54) is 0 Å². The Hall–Kier alpha value is -1.55. The average Bonchev–Trinajstić information content (AvgIpc) is 2.29. The molecule has 0 aromatic heterocycles. The Morgan fingerprint density at radius 2 is 2.06 bits per heavy atom. The van der Waals surface area contributed by atoms with Gasteiger partial charge in [0.1, 0.15) is 0 Å². The van der Waals surface area contributed by atoms with Crippen LogP contribution in [-0.4, -0.2) is 32.1 Å². The first-order valence-corrected chi connectivity index (χ1v) is 5.54. The van der Waals surface area contributed by atoms with Gasteiger partial charge in [-0.15, -0.1) is 0 Å². The Kier molecular flexibility index (Phi) is 3.10. The van der Waals surface area contributed by atoms with Gasteiger partial charge < -0.3 is 16.0 Å². The molecule has 0 saturated carbocycles. The molecule has 0 bridgehead atoms. The molecule has 1 aromatic carbocycles. The van der Waals surface area contributed by atoms with E-state index >= 15 is 0 Å². The van der Waals surface area contributed by atoms with E-state index in [-0.39, 0.29) is 5.91 Å². The molecule has 0 unspecified atom stereocenters. The minimum atomic E-state index is -0.353. The number of aryl methyl sites for hydroxylation is 1. The number of carbonyl (C=O) groups is 1. The lowest BCUT2D eigenvalue weighted by Gasteiger charge is -2.30. The Bertz CT molecular complexity index is 397. The molecular formula is C12H17N3O. The average molecular weight is 219 g/mol. The SMILES string of the molecule is Cc1ccc(C(N)=O)c(N2CCNCC2)c1. The molecular weight excluding hydrogens is 202 g/mol. The number of carbonyl (C=O) groups excluding carboxylic acids is 1. The Labute approximate surface area is 95.4 Å². The second kappa shape index (κ2) is 4.53. The normalized spacial score (nSPS) is 16.2. The molecule has 0 atom stereocenters. The molecule has 1 heterocycles. The number of primary amides is 1. The quantitative estimate of drug-likeness (QED) is 0.761. The van der Waals surface area contributed by atoms with Crippen LogP contribution in [-0.2, 0) is 0 Å². The number of nitrogens with two attached hydrogens (primary N) is 1. The number of amides is 1. The van der Waals surface area contributed by atoms with E-state index in [0.29, 0.717) is 5.56 Å². The predicted octanol–water partition coefficient (Wildman–Crippen LogP) is 0.504. The summed E-state index contributed by atoms with van der Waals surface area (Å²) in [7, 11) is 0. The number of nitrogens with one attached hydrogen (secondary N) is 1. The molecule has 1 fully saturated rings. The third-order valence-electron chi connectivity index (χ3n) is 2.88. The van der Waals surface area contributed by atoms with Crippen molar-refractivity contribution in [2.24, 2.45) is 5.73 Å². The van der Waals surface area contributed by atoms with Crippen LogP contribution in [0.3, 0.4) is 0 Å². The highest BCUT2D eigenvalue weighted by Gasteiger charge is 2.16. The Morgan fingerprint density at radius 3 is 2.69 bits per heavy atom. The summed E-state index contributed by atoms with van der Waals surface area (Å²) in [5.74, 6) is -0.353. The maximum absolute atomic E-state index is 11.4. The lowest BCUT2D eigenvalue weighted by Crippen LogP contribution is -2.44. The van der Waals surface area contributed by atoms with E-state index in [4.69, 9.17) is 5.73 Å². The summed E-state index contributed by atoms with van der Waals surface area (Å²) in [6.45, 7) is 5.77. The van der Waals surface area contributed by atoms with Crippen molar-refractivity contribution in [2.75, 3.05) is 31.1 Å². The van der Waals surface area contributed by atoms with Crippen molar-refractivity contribution in [3.8, 4) is 0 Å². The first kappa shape index (κ1) is 11.0. The van der Waals surface area contributed by atoms with Crippen LogP contribution in [0, 0.1) is 6.92 Å². The van der Waals surface area contributed by atoms with Crippen molar-refractivity contribution < 1.29 is 4.79 Å². The monoisotopic (exact) mass is 219 g/mol. The van der Waals surface area contributed by atoms with Crippen molar-refractivity contribution in [2.45, 2.75) is 6.92 Å². The van der Waals surface area contributed by atoms with Gasteiger partial charge in [-0.2, -0.15) is 0 Å². The predicted molar refractivity (Wildman–Crippen MR) is 64.8 cm³/mol. The number of anilines is 1. The fraction of sp³-hybridized carbons (Fsp3) is 0.417. The van der Waals surface area contributed by atoms with Crippen LogP contribution in [0.15, 0.2) is 18.2 Å². The molecule has 16 heavy (non-hydrogen) atoms.